The zero-order valence-corrected chi connectivity index (χ0v) is 20.0. The second-order valence-corrected chi connectivity index (χ2v) is 9.37. The van der Waals surface area contributed by atoms with E-state index in [4.69, 9.17) is 11.6 Å². The highest BCUT2D eigenvalue weighted by Crippen LogP contribution is 2.25. The molecule has 1 aliphatic heterocycles. The molecule has 10 nitrogen and oxygen atoms in total. The summed E-state index contributed by atoms with van der Waals surface area (Å²) in [6.45, 7) is 1.78. The molecule has 0 bridgehead atoms. The van der Waals surface area contributed by atoms with Gasteiger partial charge in [-0.25, -0.2) is 4.98 Å². The first-order chi connectivity index (χ1) is 16.8. The van der Waals surface area contributed by atoms with Crippen molar-refractivity contribution in [2.45, 2.75) is 69.8 Å². The van der Waals surface area contributed by atoms with Gasteiger partial charge in [0.25, 0.3) is 11.8 Å². The van der Waals surface area contributed by atoms with Crippen molar-refractivity contribution in [2.24, 2.45) is 5.92 Å². The predicted molar refractivity (Wildman–Crippen MR) is 121 cm³/mol. The van der Waals surface area contributed by atoms with Crippen LogP contribution in [0.5, 0.6) is 0 Å². The number of pyridine rings is 1. The van der Waals surface area contributed by atoms with E-state index in [1.54, 1.807) is 6.92 Å². The number of amides is 4. The summed E-state index contributed by atoms with van der Waals surface area (Å²) in [5, 5.41) is 9.78. The Kier molecular flexibility index (Phi) is 8.54. The Balaban J connectivity index is 1.78. The third kappa shape index (κ3) is 7.90. The average molecular weight is 532 g/mol. The fourth-order valence-electron chi connectivity index (χ4n) is 3.71. The third-order valence-electron chi connectivity index (χ3n) is 5.67. The molecule has 0 unspecified atom stereocenters. The molecule has 2 heterocycles. The van der Waals surface area contributed by atoms with Crippen molar-refractivity contribution in [3.63, 3.8) is 0 Å². The number of carbonyl (C=O) groups excluding carboxylic acids is 5. The van der Waals surface area contributed by atoms with E-state index < -0.39 is 54.5 Å². The standard InChI is InChI=1S/C22H25ClF3N5O5/c1-10-6-11(19(34)28-10)7-15(17(33)21(36)29-13-2-3-13)30-20(35)14-8-12(23)9-27-18(14)31-16(32)4-5-22(24,25)26/h8-11,13,15H,2-7H2,1H3,(H,28,34)(H,29,36)(H,30,35)(H,27,31,32)/t10-,11+,15+/m1/s1. The Morgan fingerprint density at radius 3 is 2.53 bits per heavy atom. The monoisotopic (exact) mass is 531 g/mol. The van der Waals surface area contributed by atoms with Crippen LogP contribution in [0.3, 0.4) is 0 Å². The largest absolute Gasteiger partial charge is 0.389 e. The Morgan fingerprint density at radius 2 is 1.94 bits per heavy atom. The van der Waals surface area contributed by atoms with Gasteiger partial charge in [-0.2, -0.15) is 13.2 Å². The topological polar surface area (TPSA) is 146 Å². The molecule has 2 aliphatic rings. The van der Waals surface area contributed by atoms with E-state index >= 15 is 0 Å². The molecule has 1 saturated heterocycles. The summed E-state index contributed by atoms with van der Waals surface area (Å²) < 4.78 is 37.3. The van der Waals surface area contributed by atoms with Crippen LogP contribution in [0, 0.1) is 5.92 Å². The van der Waals surface area contributed by atoms with Crippen molar-refractivity contribution in [3.8, 4) is 0 Å². The maximum atomic E-state index is 13.1. The number of anilines is 1. The zero-order valence-electron chi connectivity index (χ0n) is 19.2. The van der Waals surface area contributed by atoms with Crippen LogP contribution < -0.4 is 21.3 Å². The van der Waals surface area contributed by atoms with E-state index in [0.29, 0.717) is 6.42 Å². The van der Waals surface area contributed by atoms with E-state index in [9.17, 15) is 37.1 Å². The number of hydrogen-bond donors (Lipinski definition) is 4. The van der Waals surface area contributed by atoms with Gasteiger partial charge in [-0.1, -0.05) is 11.6 Å². The Bertz CT molecular complexity index is 1060. The second kappa shape index (κ2) is 11.2. The van der Waals surface area contributed by atoms with Crippen LogP contribution >= 0.6 is 11.6 Å². The van der Waals surface area contributed by atoms with Gasteiger partial charge in [0.15, 0.2) is 0 Å². The molecular formula is C22H25ClF3N5O5. The van der Waals surface area contributed by atoms with Crippen molar-refractivity contribution in [3.05, 3.63) is 22.8 Å². The lowest BCUT2D eigenvalue weighted by molar-refractivity contribution is -0.142. The minimum atomic E-state index is -4.55. The molecule has 4 N–H and O–H groups in total. The molecule has 196 valence electrons. The highest BCUT2D eigenvalue weighted by molar-refractivity contribution is 6.38. The lowest BCUT2D eigenvalue weighted by Crippen LogP contribution is -2.49. The minimum Gasteiger partial charge on any atom is -0.353 e. The molecule has 0 radical (unpaired) electrons. The third-order valence-corrected chi connectivity index (χ3v) is 5.87. The maximum absolute atomic E-state index is 13.1. The number of ketones is 1. The number of nitrogens with zero attached hydrogens (tertiary/aromatic N) is 1. The summed E-state index contributed by atoms with van der Waals surface area (Å²) in [7, 11) is 0. The molecule has 0 spiro atoms. The van der Waals surface area contributed by atoms with Crippen LogP contribution in [0.2, 0.25) is 5.02 Å². The number of rotatable bonds is 10. The molecule has 14 heteroatoms. The van der Waals surface area contributed by atoms with Gasteiger partial charge in [-0.15, -0.1) is 0 Å². The molecule has 1 saturated carbocycles. The normalized spacial score (nSPS) is 20.3. The highest BCUT2D eigenvalue weighted by Gasteiger charge is 2.38. The lowest BCUT2D eigenvalue weighted by Gasteiger charge is -2.20. The van der Waals surface area contributed by atoms with Gasteiger partial charge < -0.3 is 21.3 Å². The molecule has 36 heavy (non-hydrogen) atoms. The molecule has 2 fully saturated rings. The molecule has 0 aromatic carbocycles. The fourth-order valence-corrected chi connectivity index (χ4v) is 3.87. The Labute approximate surface area is 209 Å². The van der Waals surface area contributed by atoms with E-state index in [0.717, 1.165) is 25.1 Å². The molecule has 3 rings (SSSR count). The van der Waals surface area contributed by atoms with Crippen LogP contribution in [0.25, 0.3) is 0 Å². The fraction of sp³-hybridized carbons (Fsp3) is 0.545. The number of hydrogen-bond acceptors (Lipinski definition) is 6. The molecule has 1 aromatic rings. The molecule has 3 atom stereocenters. The molecule has 1 aromatic heterocycles. The summed E-state index contributed by atoms with van der Waals surface area (Å²) in [6, 6.07) is -0.544. The average Bonchev–Trinajstić information content (AvgIpc) is 3.54. The number of carbonyl (C=O) groups is 5. The maximum Gasteiger partial charge on any atom is 0.389 e. The lowest BCUT2D eigenvalue weighted by atomic mass is 9.94. The summed E-state index contributed by atoms with van der Waals surface area (Å²) in [5.74, 6) is -5.18. The number of halogens is 4. The van der Waals surface area contributed by atoms with Crippen LogP contribution in [0.15, 0.2) is 12.3 Å². The molecule has 4 amide bonds. The number of alkyl halides is 3. The Morgan fingerprint density at radius 1 is 1.25 bits per heavy atom. The number of Topliss-reactive ketones (excluding diaryl/α,β-unsaturated/α-hetero) is 1. The highest BCUT2D eigenvalue weighted by atomic mass is 35.5. The summed E-state index contributed by atoms with van der Waals surface area (Å²) in [4.78, 5) is 66.4. The summed E-state index contributed by atoms with van der Waals surface area (Å²) in [6.07, 6.45) is -4.05. The Hall–Kier alpha value is -3.22. The van der Waals surface area contributed by atoms with Crippen LogP contribution in [0.4, 0.5) is 19.0 Å². The van der Waals surface area contributed by atoms with Crippen molar-refractivity contribution < 1.29 is 37.1 Å². The summed E-state index contributed by atoms with van der Waals surface area (Å²) >= 11 is 5.92. The number of nitrogens with one attached hydrogen (secondary N) is 4. The summed E-state index contributed by atoms with van der Waals surface area (Å²) in [5.41, 5.74) is -0.326. The van der Waals surface area contributed by atoms with Gasteiger partial charge >= 0.3 is 6.18 Å². The predicted octanol–water partition coefficient (Wildman–Crippen LogP) is 1.88. The van der Waals surface area contributed by atoms with Crippen LogP contribution in [0.1, 0.15) is 55.8 Å². The van der Waals surface area contributed by atoms with Gasteiger partial charge in [0.2, 0.25) is 17.6 Å². The quantitative estimate of drug-likeness (QED) is 0.339. The first-order valence-corrected chi connectivity index (χ1v) is 11.7. The second-order valence-electron chi connectivity index (χ2n) is 8.93. The van der Waals surface area contributed by atoms with Gasteiger partial charge in [0, 0.05) is 30.6 Å². The van der Waals surface area contributed by atoms with Gasteiger partial charge in [-0.3, -0.25) is 24.0 Å². The smallest absolute Gasteiger partial charge is 0.353 e. The van der Waals surface area contributed by atoms with Crippen molar-refractivity contribution >= 4 is 46.8 Å². The van der Waals surface area contributed by atoms with E-state index in [-0.39, 0.29) is 40.8 Å². The van der Waals surface area contributed by atoms with Crippen LogP contribution in [-0.4, -0.2) is 58.7 Å². The van der Waals surface area contributed by atoms with E-state index in [2.05, 4.69) is 26.3 Å². The van der Waals surface area contributed by atoms with Crippen LogP contribution in [-0.2, 0) is 19.2 Å². The van der Waals surface area contributed by atoms with Gasteiger partial charge in [-0.05, 0) is 38.7 Å². The first kappa shape index (κ1) is 27.4. The van der Waals surface area contributed by atoms with Crippen molar-refractivity contribution in [2.75, 3.05) is 5.32 Å². The van der Waals surface area contributed by atoms with Crippen molar-refractivity contribution in [1.82, 2.24) is 20.9 Å². The van der Waals surface area contributed by atoms with Crippen molar-refractivity contribution in [1.29, 1.82) is 0 Å². The molecule has 1 aliphatic carbocycles. The van der Waals surface area contributed by atoms with Gasteiger partial charge in [0.05, 0.1) is 23.0 Å². The van der Waals surface area contributed by atoms with E-state index in [1.165, 1.54) is 0 Å². The van der Waals surface area contributed by atoms with Gasteiger partial charge in [0.1, 0.15) is 5.82 Å². The minimum absolute atomic E-state index is 0.0215. The zero-order chi connectivity index (χ0) is 26.6. The number of aromatic nitrogens is 1. The first-order valence-electron chi connectivity index (χ1n) is 11.3. The SMILES string of the molecule is C[C@@H]1C[C@@H](C[C@H](NC(=O)c2cc(Cl)cnc2NC(=O)CCC(F)(F)F)C(=O)C(=O)NC2CC2)C(=O)N1. The molecular weight excluding hydrogens is 507 g/mol. The van der Waals surface area contributed by atoms with E-state index in [1.807, 2.05) is 0 Å².